The molecule has 0 spiro atoms. The third-order valence-corrected chi connectivity index (χ3v) is 3.79. The summed E-state index contributed by atoms with van der Waals surface area (Å²) in [5.41, 5.74) is 2.40. The van der Waals surface area contributed by atoms with Gasteiger partial charge >= 0.3 is 0 Å². The van der Waals surface area contributed by atoms with Crippen molar-refractivity contribution in [3.63, 3.8) is 0 Å². The first-order valence-electron chi connectivity index (χ1n) is 7.95. The summed E-state index contributed by atoms with van der Waals surface area (Å²) in [6, 6.07) is 18.6. The highest BCUT2D eigenvalue weighted by molar-refractivity contribution is 7.80. The average Bonchev–Trinajstić information content (AvgIpc) is 2.58. The lowest BCUT2D eigenvalue weighted by atomic mass is 10.1. The van der Waals surface area contributed by atoms with Crippen LogP contribution in [-0.4, -0.2) is 12.4 Å². The van der Waals surface area contributed by atoms with E-state index in [1.165, 1.54) is 30.4 Å². The normalized spacial score (nSPS) is 11.0. The van der Waals surface area contributed by atoms with Gasteiger partial charge in [-0.25, -0.2) is 0 Å². The van der Waals surface area contributed by atoms with Gasteiger partial charge in [0.15, 0.2) is 0 Å². The van der Waals surface area contributed by atoms with Crippen LogP contribution in [0.2, 0.25) is 0 Å². The monoisotopic (exact) mass is 312 g/mol. The van der Waals surface area contributed by atoms with E-state index in [1.807, 2.05) is 30.3 Å². The van der Waals surface area contributed by atoms with Crippen LogP contribution in [-0.2, 0) is 0 Å². The molecule has 0 aromatic heterocycles. The maximum absolute atomic E-state index is 5.76. The number of hydrogen-bond donors (Lipinski definition) is 1. The second-order valence-electron chi connectivity index (χ2n) is 5.30. The third-order valence-electron chi connectivity index (χ3n) is 3.47. The van der Waals surface area contributed by atoms with E-state index in [9.17, 15) is 0 Å². The van der Waals surface area contributed by atoms with Gasteiger partial charge in [-0.2, -0.15) is 12.6 Å². The molecule has 2 aromatic rings. The summed E-state index contributed by atoms with van der Waals surface area (Å²) in [7, 11) is 0. The fourth-order valence-electron chi connectivity index (χ4n) is 2.19. The van der Waals surface area contributed by atoms with Gasteiger partial charge in [-0.3, -0.25) is 0 Å². The SMILES string of the molecule is SCCCCCCOc1ccc(/C=C/c2ccccc2)cc1. The van der Waals surface area contributed by atoms with Crippen molar-refractivity contribution in [3.8, 4) is 5.75 Å². The molecule has 0 atom stereocenters. The minimum atomic E-state index is 0.797. The van der Waals surface area contributed by atoms with Crippen molar-refractivity contribution in [1.82, 2.24) is 0 Å². The van der Waals surface area contributed by atoms with Gasteiger partial charge in [-0.1, -0.05) is 67.5 Å². The minimum absolute atomic E-state index is 0.797. The Bertz CT molecular complexity index is 546. The van der Waals surface area contributed by atoms with Gasteiger partial charge in [0.25, 0.3) is 0 Å². The van der Waals surface area contributed by atoms with Crippen LogP contribution in [0.25, 0.3) is 12.2 Å². The Kier molecular flexibility index (Phi) is 7.68. The topological polar surface area (TPSA) is 9.23 Å². The zero-order chi connectivity index (χ0) is 15.5. The molecular weight excluding hydrogens is 288 g/mol. The molecule has 1 nitrogen and oxygen atoms in total. The summed E-state index contributed by atoms with van der Waals surface area (Å²) in [6.07, 6.45) is 9.03. The highest BCUT2D eigenvalue weighted by Gasteiger charge is 1.95. The Balaban J connectivity index is 1.74. The molecule has 0 radical (unpaired) electrons. The van der Waals surface area contributed by atoms with E-state index in [0.717, 1.165) is 24.5 Å². The van der Waals surface area contributed by atoms with Crippen molar-refractivity contribution in [2.24, 2.45) is 0 Å². The van der Waals surface area contributed by atoms with Crippen molar-refractivity contribution in [3.05, 3.63) is 65.7 Å². The predicted octanol–water partition coefficient (Wildman–Crippen LogP) is 5.73. The lowest BCUT2D eigenvalue weighted by Gasteiger charge is -2.06. The summed E-state index contributed by atoms with van der Waals surface area (Å²) in [6.45, 7) is 0.797. The minimum Gasteiger partial charge on any atom is -0.494 e. The largest absolute Gasteiger partial charge is 0.494 e. The molecule has 2 heteroatoms. The second kappa shape index (κ2) is 10.1. The van der Waals surface area contributed by atoms with E-state index in [1.54, 1.807) is 0 Å². The molecule has 116 valence electrons. The third kappa shape index (κ3) is 6.40. The molecular formula is C20H24OS. The van der Waals surface area contributed by atoms with Gasteiger partial charge in [-0.15, -0.1) is 0 Å². The standard InChI is InChI=1S/C20H24OS/c22-17-7-2-1-6-16-21-20-14-12-19(13-15-20)11-10-18-8-4-3-5-9-18/h3-5,8-15,22H,1-2,6-7,16-17H2/b11-10+. The van der Waals surface area contributed by atoms with E-state index in [2.05, 4.69) is 49.0 Å². The lowest BCUT2D eigenvalue weighted by molar-refractivity contribution is 0.305. The van der Waals surface area contributed by atoms with Crippen LogP contribution >= 0.6 is 12.6 Å². The number of unbranched alkanes of at least 4 members (excludes halogenated alkanes) is 3. The molecule has 0 unspecified atom stereocenters. The van der Waals surface area contributed by atoms with Gasteiger partial charge in [0.2, 0.25) is 0 Å². The summed E-state index contributed by atoms with van der Waals surface area (Å²) in [5, 5.41) is 0. The molecule has 0 N–H and O–H groups in total. The fraction of sp³-hybridized carbons (Fsp3) is 0.300. The highest BCUT2D eigenvalue weighted by Crippen LogP contribution is 2.15. The van der Waals surface area contributed by atoms with Crippen LogP contribution in [0.1, 0.15) is 36.8 Å². The van der Waals surface area contributed by atoms with Crippen LogP contribution in [0, 0.1) is 0 Å². The summed E-state index contributed by atoms with van der Waals surface area (Å²) >= 11 is 4.22. The molecule has 0 heterocycles. The first-order valence-corrected chi connectivity index (χ1v) is 8.58. The Labute approximate surface area is 139 Å². The first kappa shape index (κ1) is 16.7. The Morgan fingerprint density at radius 1 is 0.727 bits per heavy atom. The van der Waals surface area contributed by atoms with Crippen molar-refractivity contribution in [1.29, 1.82) is 0 Å². The average molecular weight is 312 g/mol. The number of ether oxygens (including phenoxy) is 1. The zero-order valence-electron chi connectivity index (χ0n) is 12.9. The van der Waals surface area contributed by atoms with E-state index in [0.29, 0.717) is 0 Å². The van der Waals surface area contributed by atoms with Crippen LogP contribution < -0.4 is 4.74 Å². The Hall–Kier alpha value is -1.67. The number of thiol groups is 1. The van der Waals surface area contributed by atoms with Crippen molar-refractivity contribution >= 4 is 24.8 Å². The van der Waals surface area contributed by atoms with E-state index in [-0.39, 0.29) is 0 Å². The molecule has 0 aliphatic carbocycles. The van der Waals surface area contributed by atoms with Gasteiger partial charge in [0.1, 0.15) is 5.75 Å². The maximum atomic E-state index is 5.76. The van der Waals surface area contributed by atoms with E-state index in [4.69, 9.17) is 4.74 Å². The summed E-state index contributed by atoms with van der Waals surface area (Å²) in [5.74, 6) is 1.93. The maximum Gasteiger partial charge on any atom is 0.119 e. The van der Waals surface area contributed by atoms with Crippen LogP contribution in [0.15, 0.2) is 54.6 Å². The van der Waals surface area contributed by atoms with Crippen molar-refractivity contribution in [2.45, 2.75) is 25.7 Å². The molecule has 22 heavy (non-hydrogen) atoms. The smallest absolute Gasteiger partial charge is 0.119 e. The summed E-state index contributed by atoms with van der Waals surface area (Å²) in [4.78, 5) is 0. The fourth-order valence-corrected chi connectivity index (χ4v) is 2.41. The van der Waals surface area contributed by atoms with E-state index < -0.39 is 0 Å². The van der Waals surface area contributed by atoms with Gasteiger partial charge < -0.3 is 4.74 Å². The molecule has 0 bridgehead atoms. The summed E-state index contributed by atoms with van der Waals surface area (Å²) < 4.78 is 5.76. The molecule has 0 aliphatic heterocycles. The van der Waals surface area contributed by atoms with Gasteiger partial charge in [0.05, 0.1) is 6.61 Å². The Morgan fingerprint density at radius 2 is 1.36 bits per heavy atom. The molecule has 0 amide bonds. The first-order chi connectivity index (χ1) is 10.9. The van der Waals surface area contributed by atoms with Crippen LogP contribution in [0.4, 0.5) is 0 Å². The van der Waals surface area contributed by atoms with Gasteiger partial charge in [0, 0.05) is 0 Å². The second-order valence-corrected chi connectivity index (χ2v) is 5.75. The van der Waals surface area contributed by atoms with Crippen molar-refractivity contribution < 1.29 is 4.74 Å². The quantitative estimate of drug-likeness (QED) is 0.353. The highest BCUT2D eigenvalue weighted by atomic mass is 32.1. The number of hydrogen-bond acceptors (Lipinski definition) is 2. The molecule has 0 aliphatic rings. The molecule has 2 rings (SSSR count). The molecule has 0 fully saturated rings. The van der Waals surface area contributed by atoms with Crippen LogP contribution in [0.3, 0.4) is 0 Å². The molecule has 0 saturated heterocycles. The lowest BCUT2D eigenvalue weighted by Crippen LogP contribution is -1.97. The Morgan fingerprint density at radius 3 is 2.05 bits per heavy atom. The number of rotatable bonds is 9. The number of benzene rings is 2. The predicted molar refractivity (Wildman–Crippen MR) is 99.6 cm³/mol. The molecule has 0 saturated carbocycles. The zero-order valence-corrected chi connectivity index (χ0v) is 13.8. The molecule has 2 aromatic carbocycles. The van der Waals surface area contributed by atoms with Crippen LogP contribution in [0.5, 0.6) is 5.75 Å². The van der Waals surface area contributed by atoms with Crippen molar-refractivity contribution in [2.75, 3.05) is 12.4 Å². The van der Waals surface area contributed by atoms with Gasteiger partial charge in [-0.05, 0) is 41.9 Å². The van der Waals surface area contributed by atoms with E-state index >= 15 is 0 Å².